The highest BCUT2D eigenvalue weighted by Crippen LogP contribution is 2.06. The fraction of sp³-hybridized carbons (Fsp3) is 0.583. The van der Waals surface area contributed by atoms with E-state index in [0.29, 0.717) is 17.7 Å². The molecule has 0 saturated heterocycles. The van der Waals surface area contributed by atoms with Crippen LogP contribution < -0.4 is 10.9 Å². The summed E-state index contributed by atoms with van der Waals surface area (Å²) in [5, 5.41) is 15.7. The number of carbonyl (C=O) groups excluding carboxylic acids is 1. The minimum Gasteiger partial charge on any atom is -0.394 e. The van der Waals surface area contributed by atoms with Crippen LogP contribution in [0.3, 0.4) is 0 Å². The van der Waals surface area contributed by atoms with Crippen LogP contribution in [-0.4, -0.2) is 33.4 Å². The van der Waals surface area contributed by atoms with Gasteiger partial charge in [0.05, 0.1) is 18.3 Å². The van der Waals surface area contributed by atoms with Crippen LogP contribution >= 0.6 is 0 Å². The van der Waals surface area contributed by atoms with Crippen molar-refractivity contribution >= 4 is 5.91 Å². The highest BCUT2D eigenvalue weighted by Gasteiger charge is 2.19. The van der Waals surface area contributed by atoms with Gasteiger partial charge >= 0.3 is 0 Å². The molecule has 2 N–H and O–H groups in total. The van der Waals surface area contributed by atoms with Gasteiger partial charge in [-0.05, 0) is 25.8 Å². The third kappa shape index (κ3) is 2.76. The molecule has 18 heavy (non-hydrogen) atoms. The lowest BCUT2D eigenvalue weighted by molar-refractivity contribution is 0.0911. The van der Waals surface area contributed by atoms with Crippen LogP contribution in [0, 0.1) is 13.8 Å². The molecule has 0 aliphatic heterocycles. The Hall–Kier alpha value is -1.69. The van der Waals surface area contributed by atoms with Crippen molar-refractivity contribution in [1.29, 1.82) is 0 Å². The summed E-state index contributed by atoms with van der Waals surface area (Å²) < 4.78 is 1.15. The van der Waals surface area contributed by atoms with E-state index in [1.54, 1.807) is 13.8 Å². The van der Waals surface area contributed by atoms with E-state index in [4.69, 9.17) is 5.11 Å². The monoisotopic (exact) mass is 253 g/mol. The number of hydrogen-bond acceptors (Lipinski definition) is 4. The Morgan fingerprint density at radius 2 is 2.11 bits per heavy atom. The number of hydrogen-bond donors (Lipinski definition) is 2. The molecule has 0 aromatic carbocycles. The van der Waals surface area contributed by atoms with Gasteiger partial charge in [0.25, 0.3) is 11.5 Å². The Balaban J connectivity index is 3.17. The quantitative estimate of drug-likeness (QED) is 0.784. The summed E-state index contributed by atoms with van der Waals surface area (Å²) in [6.45, 7) is 5.14. The van der Waals surface area contributed by atoms with Gasteiger partial charge in [0, 0.05) is 7.05 Å². The normalized spacial score (nSPS) is 12.3. The van der Waals surface area contributed by atoms with E-state index in [1.807, 2.05) is 6.92 Å². The number of amides is 1. The van der Waals surface area contributed by atoms with E-state index >= 15 is 0 Å². The first-order valence-corrected chi connectivity index (χ1v) is 5.88. The van der Waals surface area contributed by atoms with E-state index in [0.717, 1.165) is 4.68 Å². The molecular formula is C12H19N3O3. The van der Waals surface area contributed by atoms with Crippen LogP contribution in [0.25, 0.3) is 0 Å². The lowest BCUT2D eigenvalue weighted by Crippen LogP contribution is -2.41. The van der Waals surface area contributed by atoms with Crippen LogP contribution in [0.1, 0.15) is 35.0 Å². The third-order valence-electron chi connectivity index (χ3n) is 3.00. The Labute approximate surface area is 106 Å². The Morgan fingerprint density at radius 1 is 1.50 bits per heavy atom. The summed E-state index contributed by atoms with van der Waals surface area (Å²) >= 11 is 0. The maximum atomic E-state index is 12.1. The molecule has 6 nitrogen and oxygen atoms in total. The van der Waals surface area contributed by atoms with Crippen molar-refractivity contribution in [2.75, 3.05) is 6.61 Å². The highest BCUT2D eigenvalue weighted by molar-refractivity contribution is 5.95. The molecule has 0 aliphatic carbocycles. The summed E-state index contributed by atoms with van der Waals surface area (Å²) in [5.74, 6) is -0.459. The molecule has 0 aliphatic rings. The van der Waals surface area contributed by atoms with Gasteiger partial charge in [0.15, 0.2) is 0 Å². The molecule has 0 fully saturated rings. The minimum atomic E-state index is -0.459. The van der Waals surface area contributed by atoms with Gasteiger partial charge in [0.2, 0.25) is 0 Å². The van der Waals surface area contributed by atoms with Gasteiger partial charge in [-0.3, -0.25) is 9.59 Å². The zero-order valence-corrected chi connectivity index (χ0v) is 11.1. The molecule has 0 unspecified atom stereocenters. The van der Waals surface area contributed by atoms with Crippen molar-refractivity contribution in [3.05, 3.63) is 27.2 Å². The van der Waals surface area contributed by atoms with Crippen molar-refractivity contribution in [3.8, 4) is 0 Å². The number of nitrogens with zero attached hydrogens (tertiary/aromatic N) is 2. The first-order chi connectivity index (χ1) is 8.42. The molecule has 1 atom stereocenters. The smallest absolute Gasteiger partial charge is 0.279 e. The Morgan fingerprint density at radius 3 is 2.61 bits per heavy atom. The lowest BCUT2D eigenvalue weighted by atomic mass is 10.1. The zero-order valence-electron chi connectivity index (χ0n) is 11.1. The molecule has 1 heterocycles. The van der Waals surface area contributed by atoms with Crippen LogP contribution in [-0.2, 0) is 7.05 Å². The predicted octanol–water partition coefficient (Wildman–Crippen LogP) is -0.102. The average molecular weight is 253 g/mol. The van der Waals surface area contributed by atoms with Crippen molar-refractivity contribution in [3.63, 3.8) is 0 Å². The van der Waals surface area contributed by atoms with Crippen LogP contribution in [0.15, 0.2) is 4.79 Å². The van der Waals surface area contributed by atoms with Gasteiger partial charge < -0.3 is 10.4 Å². The molecule has 6 heteroatoms. The summed E-state index contributed by atoms with van der Waals surface area (Å²) in [6, 6.07) is -0.338. The number of rotatable bonds is 4. The van der Waals surface area contributed by atoms with Gasteiger partial charge in [0.1, 0.15) is 5.56 Å². The van der Waals surface area contributed by atoms with Crippen molar-refractivity contribution in [2.45, 2.75) is 33.2 Å². The average Bonchev–Trinajstić information content (AvgIpc) is 2.33. The molecule has 1 aromatic heterocycles. The van der Waals surface area contributed by atoms with E-state index in [2.05, 4.69) is 10.4 Å². The lowest BCUT2D eigenvalue weighted by Gasteiger charge is -2.15. The fourth-order valence-electron chi connectivity index (χ4n) is 1.65. The predicted molar refractivity (Wildman–Crippen MR) is 67.6 cm³/mol. The van der Waals surface area contributed by atoms with Crippen LogP contribution in [0.2, 0.25) is 0 Å². The molecule has 1 aromatic rings. The third-order valence-corrected chi connectivity index (χ3v) is 3.00. The zero-order chi connectivity index (χ0) is 13.9. The topological polar surface area (TPSA) is 84.2 Å². The standard InChI is InChI=1S/C12H19N3O3/c1-5-9(6-16)13-11(17)10-7(2)8(3)14-15(4)12(10)18/h9,16H,5-6H2,1-4H3,(H,13,17)/t9-/m1/s1. The number of aliphatic hydroxyl groups excluding tert-OH is 1. The van der Waals surface area contributed by atoms with E-state index in [9.17, 15) is 9.59 Å². The van der Waals surface area contributed by atoms with E-state index in [-0.39, 0.29) is 18.2 Å². The highest BCUT2D eigenvalue weighted by atomic mass is 16.3. The largest absolute Gasteiger partial charge is 0.394 e. The summed E-state index contributed by atoms with van der Waals surface area (Å²) in [4.78, 5) is 24.0. The molecule has 0 spiro atoms. The number of aromatic nitrogens is 2. The number of nitrogens with one attached hydrogen (secondary N) is 1. The minimum absolute atomic E-state index is 0.0944. The van der Waals surface area contributed by atoms with Gasteiger partial charge in [-0.15, -0.1) is 0 Å². The van der Waals surface area contributed by atoms with Crippen molar-refractivity contribution in [2.24, 2.45) is 7.05 Å². The van der Waals surface area contributed by atoms with Crippen molar-refractivity contribution in [1.82, 2.24) is 15.1 Å². The maximum absolute atomic E-state index is 12.1. The first-order valence-electron chi connectivity index (χ1n) is 5.88. The molecule has 0 bridgehead atoms. The summed E-state index contributed by atoms with van der Waals surface area (Å²) in [5.41, 5.74) is 0.878. The van der Waals surface area contributed by atoms with Crippen molar-refractivity contribution < 1.29 is 9.90 Å². The van der Waals surface area contributed by atoms with Gasteiger partial charge in [-0.25, -0.2) is 4.68 Å². The van der Waals surface area contributed by atoms with E-state index in [1.165, 1.54) is 7.05 Å². The molecule has 0 radical (unpaired) electrons. The number of aliphatic hydroxyl groups is 1. The Bertz CT molecular complexity index is 504. The second-order valence-corrected chi connectivity index (χ2v) is 4.28. The summed E-state index contributed by atoms with van der Waals surface area (Å²) in [7, 11) is 1.51. The number of carbonyl (C=O) groups is 1. The van der Waals surface area contributed by atoms with E-state index < -0.39 is 11.5 Å². The second-order valence-electron chi connectivity index (χ2n) is 4.28. The fourth-order valence-corrected chi connectivity index (χ4v) is 1.65. The SMILES string of the molecule is CC[C@H](CO)NC(=O)c1c(C)c(C)nn(C)c1=O. The molecule has 1 rings (SSSR count). The Kier molecular flexibility index (Phi) is 4.61. The van der Waals surface area contributed by atoms with Gasteiger partial charge in [-0.2, -0.15) is 5.10 Å². The second kappa shape index (κ2) is 5.77. The molecule has 0 saturated carbocycles. The van der Waals surface area contributed by atoms with Crippen LogP contribution in [0.5, 0.6) is 0 Å². The first kappa shape index (κ1) is 14.4. The summed E-state index contributed by atoms with van der Waals surface area (Å²) in [6.07, 6.45) is 0.603. The number of aryl methyl sites for hydroxylation is 2. The van der Waals surface area contributed by atoms with Gasteiger partial charge in [-0.1, -0.05) is 6.92 Å². The molecule has 100 valence electrons. The molecule has 1 amide bonds. The molecular weight excluding hydrogens is 234 g/mol. The van der Waals surface area contributed by atoms with Crippen LogP contribution in [0.4, 0.5) is 0 Å². The maximum Gasteiger partial charge on any atom is 0.279 e.